The number of rotatable bonds is 10. The number of carbonyl (C=O) groups excluding carboxylic acids is 2. The number of piperazine rings is 1. The number of nitrogens with one attached hydrogen (secondary N) is 2. The number of benzene rings is 2. The minimum absolute atomic E-state index is 0.0286. The van der Waals surface area contributed by atoms with Crippen LogP contribution in [0.15, 0.2) is 47.3 Å². The lowest BCUT2D eigenvalue weighted by atomic mass is 10.1. The van der Waals surface area contributed by atoms with Crippen molar-refractivity contribution in [3.63, 3.8) is 0 Å². The second kappa shape index (κ2) is 12.5. The van der Waals surface area contributed by atoms with Crippen molar-refractivity contribution in [1.29, 1.82) is 0 Å². The Morgan fingerprint density at radius 1 is 0.974 bits per heavy atom. The fourth-order valence-electron chi connectivity index (χ4n) is 4.39. The lowest BCUT2D eigenvalue weighted by Crippen LogP contribution is -2.45. The number of carbonyl (C=O) groups is 2. The summed E-state index contributed by atoms with van der Waals surface area (Å²) in [5.41, 5.74) is -0.0177. The van der Waals surface area contributed by atoms with Gasteiger partial charge in [-0.3, -0.25) is 14.4 Å². The van der Waals surface area contributed by atoms with Gasteiger partial charge in [-0.1, -0.05) is 18.2 Å². The summed E-state index contributed by atoms with van der Waals surface area (Å²) >= 11 is 0. The molecule has 0 atom stereocenters. The molecule has 38 heavy (non-hydrogen) atoms. The number of fused-ring (bicyclic) bond motifs is 1. The highest BCUT2D eigenvalue weighted by Gasteiger charge is 2.20. The molecule has 11 heteroatoms. The Balaban J connectivity index is 1.45. The third-order valence-corrected chi connectivity index (χ3v) is 6.61. The molecule has 1 aliphatic rings. The first-order chi connectivity index (χ1) is 18.4. The topological polar surface area (TPSA) is 118 Å². The lowest BCUT2D eigenvalue weighted by molar-refractivity contribution is -0.120. The molecule has 1 saturated heterocycles. The Bertz CT molecular complexity index is 1350. The van der Waals surface area contributed by atoms with E-state index in [1.54, 1.807) is 42.5 Å². The Labute approximate surface area is 221 Å². The summed E-state index contributed by atoms with van der Waals surface area (Å²) in [7, 11) is 5.12. The third kappa shape index (κ3) is 6.29. The smallest absolute Gasteiger partial charge is 0.279 e. The van der Waals surface area contributed by atoms with E-state index >= 15 is 0 Å². The summed E-state index contributed by atoms with van der Waals surface area (Å²) in [5, 5.41) is 10.6. The van der Waals surface area contributed by atoms with Gasteiger partial charge >= 0.3 is 0 Å². The number of ether oxygens (including phenoxy) is 2. The molecule has 2 N–H and O–H groups in total. The molecule has 4 rings (SSSR count). The summed E-state index contributed by atoms with van der Waals surface area (Å²) in [6.45, 7) is 5.43. The van der Waals surface area contributed by atoms with Crippen LogP contribution in [-0.4, -0.2) is 98.5 Å². The Kier molecular flexibility index (Phi) is 8.93. The van der Waals surface area contributed by atoms with E-state index in [2.05, 4.69) is 32.6 Å². The average Bonchev–Trinajstić information content (AvgIpc) is 2.95. The van der Waals surface area contributed by atoms with Crippen LogP contribution < -0.4 is 25.7 Å². The largest absolute Gasteiger partial charge is 0.497 e. The van der Waals surface area contributed by atoms with Gasteiger partial charge in [0.2, 0.25) is 5.91 Å². The highest BCUT2D eigenvalue weighted by Crippen LogP contribution is 2.27. The van der Waals surface area contributed by atoms with Gasteiger partial charge in [0.1, 0.15) is 17.2 Å². The molecule has 1 aliphatic heterocycles. The highest BCUT2D eigenvalue weighted by molar-refractivity contribution is 6.05. The van der Waals surface area contributed by atoms with Crippen molar-refractivity contribution in [1.82, 2.24) is 30.2 Å². The summed E-state index contributed by atoms with van der Waals surface area (Å²) in [5.74, 6) is 0.0599. The van der Waals surface area contributed by atoms with E-state index < -0.39 is 11.5 Å². The van der Waals surface area contributed by atoms with Gasteiger partial charge in [0.25, 0.3) is 11.5 Å². The van der Waals surface area contributed by atoms with Crippen LogP contribution in [0.5, 0.6) is 11.5 Å². The minimum atomic E-state index is -0.560. The molecule has 0 unspecified atom stereocenters. The maximum absolute atomic E-state index is 13.3. The fourth-order valence-corrected chi connectivity index (χ4v) is 4.39. The molecule has 11 nitrogen and oxygen atoms in total. The first-order valence-corrected chi connectivity index (χ1v) is 12.6. The lowest BCUT2D eigenvalue weighted by Gasteiger charge is -2.32. The van der Waals surface area contributed by atoms with Crippen LogP contribution in [0.25, 0.3) is 16.5 Å². The summed E-state index contributed by atoms with van der Waals surface area (Å²) < 4.78 is 11.8. The first kappa shape index (κ1) is 27.1. The molecule has 2 amide bonds. The van der Waals surface area contributed by atoms with Gasteiger partial charge in [-0.25, -0.2) is 0 Å². The van der Waals surface area contributed by atoms with Crippen molar-refractivity contribution in [2.75, 3.05) is 67.1 Å². The molecule has 0 radical (unpaired) electrons. The fraction of sp³-hybridized carbons (Fsp3) is 0.407. The van der Waals surface area contributed by atoms with E-state index in [4.69, 9.17) is 9.47 Å². The van der Waals surface area contributed by atoms with E-state index in [1.807, 2.05) is 0 Å². The molecule has 0 saturated carbocycles. The predicted octanol–water partition coefficient (Wildman–Crippen LogP) is 0.886. The molecule has 2 heterocycles. The molecule has 0 spiro atoms. The molecular weight excluding hydrogens is 488 g/mol. The van der Waals surface area contributed by atoms with Gasteiger partial charge in [0, 0.05) is 44.2 Å². The zero-order chi connectivity index (χ0) is 27.1. The summed E-state index contributed by atoms with van der Waals surface area (Å²) in [6, 6.07) is 11.7. The monoisotopic (exact) mass is 522 g/mol. The molecule has 0 aliphatic carbocycles. The van der Waals surface area contributed by atoms with Crippen LogP contribution in [0, 0.1) is 0 Å². The van der Waals surface area contributed by atoms with Gasteiger partial charge in [0.15, 0.2) is 5.69 Å². The second-order valence-electron chi connectivity index (χ2n) is 9.18. The SMILES string of the molecule is COc1ccc(-n2nc(C(=O)NCC(=O)NCCCN3CCN(C)CC3)c3ccccc3c2=O)c(OC)c1. The van der Waals surface area contributed by atoms with E-state index in [0.29, 0.717) is 34.5 Å². The second-order valence-corrected chi connectivity index (χ2v) is 9.18. The molecule has 202 valence electrons. The number of nitrogens with zero attached hydrogens (tertiary/aromatic N) is 4. The molecule has 1 aromatic heterocycles. The molecule has 3 aromatic rings. The standard InChI is InChI=1S/C27H34N6O5/c1-31-13-15-32(16-14-31)12-6-11-28-24(34)18-29-26(35)25-20-7-4-5-8-21(20)27(36)33(30-25)22-10-9-19(37-2)17-23(22)38-3/h4-5,7-10,17H,6,11-16,18H2,1-3H3,(H,28,34)(H,29,35). The number of hydrogen-bond donors (Lipinski definition) is 2. The minimum Gasteiger partial charge on any atom is -0.497 e. The molecule has 2 aromatic carbocycles. The van der Waals surface area contributed by atoms with Crippen LogP contribution in [0.2, 0.25) is 0 Å². The number of likely N-dealkylation sites (N-methyl/N-ethyl adjacent to an activating group) is 1. The highest BCUT2D eigenvalue weighted by atomic mass is 16.5. The quantitative estimate of drug-likeness (QED) is 0.377. The summed E-state index contributed by atoms with van der Waals surface area (Å²) in [4.78, 5) is 43.5. The van der Waals surface area contributed by atoms with E-state index in [9.17, 15) is 14.4 Å². The van der Waals surface area contributed by atoms with Gasteiger partial charge < -0.3 is 29.9 Å². The number of methoxy groups -OCH3 is 2. The van der Waals surface area contributed by atoms with Gasteiger partial charge in [-0.15, -0.1) is 0 Å². The molecular formula is C27H34N6O5. The summed E-state index contributed by atoms with van der Waals surface area (Å²) in [6.07, 6.45) is 0.838. The van der Waals surface area contributed by atoms with Crippen molar-refractivity contribution in [3.05, 3.63) is 58.5 Å². The van der Waals surface area contributed by atoms with E-state index in [0.717, 1.165) is 43.8 Å². The Morgan fingerprint density at radius 3 is 2.42 bits per heavy atom. The zero-order valence-electron chi connectivity index (χ0n) is 22.0. The van der Waals surface area contributed by atoms with Crippen LogP contribution in [0.1, 0.15) is 16.9 Å². The van der Waals surface area contributed by atoms with Gasteiger partial charge in [0.05, 0.1) is 26.2 Å². The van der Waals surface area contributed by atoms with Gasteiger partial charge in [-0.2, -0.15) is 9.78 Å². The predicted molar refractivity (Wildman–Crippen MR) is 144 cm³/mol. The van der Waals surface area contributed by atoms with Crippen LogP contribution in [0.3, 0.4) is 0 Å². The molecule has 1 fully saturated rings. The normalized spacial score (nSPS) is 14.3. The van der Waals surface area contributed by atoms with Crippen molar-refractivity contribution in [2.45, 2.75) is 6.42 Å². The first-order valence-electron chi connectivity index (χ1n) is 12.6. The molecule has 0 bridgehead atoms. The maximum Gasteiger partial charge on any atom is 0.279 e. The maximum atomic E-state index is 13.3. The van der Waals surface area contributed by atoms with Crippen LogP contribution in [-0.2, 0) is 4.79 Å². The number of hydrogen-bond acceptors (Lipinski definition) is 8. The Morgan fingerprint density at radius 2 is 1.71 bits per heavy atom. The van der Waals surface area contributed by atoms with Gasteiger partial charge in [-0.05, 0) is 38.2 Å². The van der Waals surface area contributed by atoms with E-state index in [-0.39, 0.29) is 18.1 Å². The average molecular weight is 523 g/mol. The van der Waals surface area contributed by atoms with Crippen molar-refractivity contribution < 1.29 is 19.1 Å². The van der Waals surface area contributed by atoms with Crippen molar-refractivity contribution in [3.8, 4) is 17.2 Å². The van der Waals surface area contributed by atoms with Crippen LogP contribution in [0.4, 0.5) is 0 Å². The zero-order valence-corrected chi connectivity index (χ0v) is 22.0. The number of amides is 2. The number of aromatic nitrogens is 2. The van der Waals surface area contributed by atoms with E-state index in [1.165, 1.54) is 14.2 Å². The third-order valence-electron chi connectivity index (χ3n) is 6.61. The van der Waals surface area contributed by atoms with Crippen molar-refractivity contribution >= 4 is 22.6 Å². The van der Waals surface area contributed by atoms with Crippen LogP contribution >= 0.6 is 0 Å². The Hall–Kier alpha value is -3.96. The van der Waals surface area contributed by atoms with Crippen molar-refractivity contribution in [2.24, 2.45) is 0 Å².